The first-order valence-electron chi connectivity index (χ1n) is 8.09. The maximum atomic E-state index is 9.41. The number of ether oxygens (including phenoxy) is 2. The minimum atomic E-state index is 0.0734. The molecule has 126 valence electrons. The van der Waals surface area contributed by atoms with Crippen LogP contribution in [0.2, 0.25) is 0 Å². The van der Waals surface area contributed by atoms with Crippen LogP contribution in [0.4, 0.5) is 0 Å². The van der Waals surface area contributed by atoms with Crippen LogP contribution in [-0.4, -0.2) is 21.3 Å². The van der Waals surface area contributed by atoms with Gasteiger partial charge in [-0.25, -0.2) is 4.98 Å². The van der Waals surface area contributed by atoms with Crippen molar-refractivity contribution in [3.63, 3.8) is 0 Å². The summed E-state index contributed by atoms with van der Waals surface area (Å²) in [5.74, 6) is 1.41. The molecule has 2 aromatic carbocycles. The summed E-state index contributed by atoms with van der Waals surface area (Å²) in [6, 6.07) is 15.5. The van der Waals surface area contributed by atoms with Gasteiger partial charge in [0, 0.05) is 10.9 Å². The highest BCUT2D eigenvalue weighted by Crippen LogP contribution is 2.33. The van der Waals surface area contributed by atoms with E-state index < -0.39 is 0 Å². The Bertz CT molecular complexity index is 1280. The van der Waals surface area contributed by atoms with Crippen LogP contribution in [-0.2, 0) is 6.54 Å². The lowest BCUT2D eigenvalue weighted by Gasteiger charge is -2.10. The van der Waals surface area contributed by atoms with Crippen molar-refractivity contribution in [2.75, 3.05) is 6.79 Å². The molecule has 7 nitrogen and oxygen atoms in total. The molecule has 1 aliphatic rings. The van der Waals surface area contributed by atoms with E-state index in [-0.39, 0.29) is 18.0 Å². The Labute approximate surface area is 147 Å². The van der Waals surface area contributed by atoms with Crippen molar-refractivity contribution in [1.82, 2.24) is 14.5 Å². The van der Waals surface area contributed by atoms with Gasteiger partial charge in [-0.3, -0.25) is 5.41 Å². The number of H-pyrrole nitrogens is 1. The fourth-order valence-corrected chi connectivity index (χ4v) is 3.28. The number of fused-ring (bicyclic) bond motifs is 4. The number of hydrogen-bond donors (Lipinski definition) is 2. The Morgan fingerprint density at radius 1 is 1.19 bits per heavy atom. The maximum Gasteiger partial charge on any atom is 0.231 e. The summed E-state index contributed by atoms with van der Waals surface area (Å²) >= 11 is 0. The van der Waals surface area contributed by atoms with E-state index in [4.69, 9.17) is 14.9 Å². The van der Waals surface area contributed by atoms with Crippen molar-refractivity contribution >= 4 is 22.1 Å². The first-order chi connectivity index (χ1) is 12.7. The fourth-order valence-electron chi connectivity index (χ4n) is 3.28. The summed E-state index contributed by atoms with van der Waals surface area (Å²) in [7, 11) is 0. The molecular formula is C19H13N5O2. The first kappa shape index (κ1) is 14.5. The van der Waals surface area contributed by atoms with Crippen molar-refractivity contribution in [3.05, 3.63) is 59.2 Å². The average Bonchev–Trinajstić information content (AvgIpc) is 3.27. The van der Waals surface area contributed by atoms with Gasteiger partial charge in [0.2, 0.25) is 6.79 Å². The molecule has 0 unspecified atom stereocenters. The number of nitriles is 1. The molecule has 0 saturated heterocycles. The summed E-state index contributed by atoms with van der Waals surface area (Å²) in [6.45, 7) is 0.631. The van der Waals surface area contributed by atoms with Gasteiger partial charge in [0.1, 0.15) is 17.2 Å². The molecule has 0 aliphatic carbocycles. The normalized spacial score (nSPS) is 12.6. The van der Waals surface area contributed by atoms with Crippen molar-refractivity contribution in [3.8, 4) is 17.6 Å². The number of hydrogen-bond acceptors (Lipinski definition) is 5. The van der Waals surface area contributed by atoms with E-state index in [1.165, 1.54) is 0 Å². The molecule has 0 atom stereocenters. The van der Waals surface area contributed by atoms with E-state index in [0.717, 1.165) is 16.5 Å². The van der Waals surface area contributed by atoms with Crippen LogP contribution in [0, 0.1) is 16.7 Å². The van der Waals surface area contributed by atoms with Gasteiger partial charge in [0.25, 0.3) is 0 Å². The van der Waals surface area contributed by atoms with Crippen LogP contribution in [0.3, 0.4) is 0 Å². The summed E-state index contributed by atoms with van der Waals surface area (Å²) in [5, 5.41) is 18.7. The van der Waals surface area contributed by atoms with Crippen molar-refractivity contribution in [2.45, 2.75) is 6.54 Å². The molecule has 0 amide bonds. The molecule has 3 heterocycles. The van der Waals surface area contributed by atoms with Crippen molar-refractivity contribution < 1.29 is 9.47 Å². The number of aromatic amines is 1. The smallest absolute Gasteiger partial charge is 0.231 e. The highest BCUT2D eigenvalue weighted by molar-refractivity contribution is 6.03. The van der Waals surface area contributed by atoms with Crippen molar-refractivity contribution in [2.24, 2.45) is 0 Å². The molecule has 0 fully saturated rings. The molecule has 5 rings (SSSR count). The van der Waals surface area contributed by atoms with Gasteiger partial charge in [-0.05, 0) is 23.8 Å². The number of rotatable bonds is 2. The zero-order valence-electron chi connectivity index (χ0n) is 13.6. The standard InChI is InChI=1S/C19H13N5O2/c20-8-14-18(21)24(9-11-5-6-15-16(7-11)26-10-25-15)19-17(22-14)12-3-1-2-4-13(12)23-19/h1-7,21,23H,9-10H2. The second-order valence-electron chi connectivity index (χ2n) is 6.06. The highest BCUT2D eigenvalue weighted by Gasteiger charge is 2.16. The highest BCUT2D eigenvalue weighted by atomic mass is 16.7. The van der Waals surface area contributed by atoms with Crippen LogP contribution in [0.5, 0.6) is 11.5 Å². The predicted octanol–water partition coefficient (Wildman–Crippen LogP) is 2.65. The predicted molar refractivity (Wildman–Crippen MR) is 93.8 cm³/mol. The van der Waals surface area contributed by atoms with Gasteiger partial charge >= 0.3 is 0 Å². The number of benzene rings is 2. The van der Waals surface area contributed by atoms with E-state index in [9.17, 15) is 5.26 Å². The number of para-hydroxylation sites is 1. The topological polar surface area (TPSA) is 99.7 Å². The number of aromatic nitrogens is 3. The SMILES string of the molecule is N#Cc1nc2c3ccccc3[nH]c2n(Cc2ccc3c(c2)OCO3)c1=N. The minimum Gasteiger partial charge on any atom is -0.454 e. The average molecular weight is 343 g/mol. The lowest BCUT2D eigenvalue weighted by molar-refractivity contribution is 0.174. The Morgan fingerprint density at radius 2 is 2.04 bits per heavy atom. The first-order valence-corrected chi connectivity index (χ1v) is 8.09. The van der Waals surface area contributed by atoms with E-state index in [2.05, 4.69) is 9.97 Å². The third kappa shape index (κ3) is 2.06. The van der Waals surface area contributed by atoms with Crippen molar-refractivity contribution in [1.29, 1.82) is 10.7 Å². The lowest BCUT2D eigenvalue weighted by Crippen LogP contribution is -2.25. The van der Waals surface area contributed by atoms with E-state index >= 15 is 0 Å². The lowest BCUT2D eigenvalue weighted by atomic mass is 10.2. The van der Waals surface area contributed by atoms with Gasteiger partial charge in [-0.1, -0.05) is 24.3 Å². The summed E-state index contributed by atoms with van der Waals surface area (Å²) in [5.41, 5.74) is 3.45. The Kier molecular flexibility index (Phi) is 3.00. The minimum absolute atomic E-state index is 0.0734. The quantitative estimate of drug-likeness (QED) is 0.584. The zero-order chi connectivity index (χ0) is 17.7. The molecule has 0 saturated carbocycles. The van der Waals surface area contributed by atoms with Crippen LogP contribution >= 0.6 is 0 Å². The van der Waals surface area contributed by atoms with Gasteiger partial charge in [0.15, 0.2) is 22.7 Å². The fraction of sp³-hybridized carbons (Fsp3) is 0.105. The van der Waals surface area contributed by atoms with Gasteiger partial charge in [-0.2, -0.15) is 5.26 Å². The van der Waals surface area contributed by atoms with Crippen LogP contribution in [0.15, 0.2) is 42.5 Å². The summed E-state index contributed by atoms with van der Waals surface area (Å²) in [6.07, 6.45) is 0. The molecule has 4 aromatic rings. The molecular weight excluding hydrogens is 330 g/mol. The maximum absolute atomic E-state index is 9.41. The van der Waals surface area contributed by atoms with Crippen LogP contribution in [0.1, 0.15) is 11.3 Å². The van der Waals surface area contributed by atoms with E-state index in [1.54, 1.807) is 4.57 Å². The Hall–Kier alpha value is -3.79. The third-order valence-corrected chi connectivity index (χ3v) is 4.53. The summed E-state index contributed by atoms with van der Waals surface area (Å²) < 4.78 is 12.5. The number of nitrogens with zero attached hydrogens (tertiary/aromatic N) is 3. The Balaban J connectivity index is 1.74. The third-order valence-electron chi connectivity index (χ3n) is 4.53. The molecule has 2 N–H and O–H groups in total. The van der Waals surface area contributed by atoms with Gasteiger partial charge in [0.05, 0.1) is 6.54 Å². The van der Waals surface area contributed by atoms with E-state index in [1.807, 2.05) is 48.5 Å². The van der Waals surface area contributed by atoms with Gasteiger partial charge in [-0.15, -0.1) is 0 Å². The van der Waals surface area contributed by atoms with Gasteiger partial charge < -0.3 is 19.0 Å². The molecule has 0 bridgehead atoms. The Morgan fingerprint density at radius 3 is 2.92 bits per heavy atom. The van der Waals surface area contributed by atoms with E-state index in [0.29, 0.717) is 29.2 Å². The zero-order valence-corrected chi connectivity index (χ0v) is 13.6. The molecule has 2 aromatic heterocycles. The second kappa shape index (κ2) is 5.36. The summed E-state index contributed by atoms with van der Waals surface area (Å²) in [4.78, 5) is 7.72. The molecule has 0 spiro atoms. The molecule has 1 aliphatic heterocycles. The monoisotopic (exact) mass is 343 g/mol. The largest absolute Gasteiger partial charge is 0.454 e. The van der Waals surface area contributed by atoms with Crippen LogP contribution < -0.4 is 15.0 Å². The second-order valence-corrected chi connectivity index (χ2v) is 6.06. The molecule has 0 radical (unpaired) electrons. The number of nitrogens with one attached hydrogen (secondary N) is 2. The van der Waals surface area contributed by atoms with Crippen LogP contribution in [0.25, 0.3) is 22.1 Å². The molecule has 26 heavy (non-hydrogen) atoms. The molecule has 7 heteroatoms.